The molecule has 0 fully saturated rings. The molecule has 0 amide bonds. The number of H-pyrrole nitrogens is 1. The van der Waals surface area contributed by atoms with E-state index in [4.69, 9.17) is 16.0 Å². The second kappa shape index (κ2) is 6.04. The Labute approximate surface area is 152 Å². The van der Waals surface area contributed by atoms with Gasteiger partial charge in [-0.1, -0.05) is 41.9 Å². The predicted octanol–water partition coefficient (Wildman–Crippen LogP) is 5.26. The van der Waals surface area contributed by atoms with Crippen LogP contribution >= 0.6 is 11.6 Å². The zero-order chi connectivity index (χ0) is 18.4. The van der Waals surface area contributed by atoms with Crippen LogP contribution < -0.4 is 5.63 Å². The quantitative estimate of drug-likeness (QED) is 0.506. The first kappa shape index (κ1) is 16.4. The van der Waals surface area contributed by atoms with E-state index in [0.717, 1.165) is 5.56 Å². The molecule has 2 aromatic heterocycles. The summed E-state index contributed by atoms with van der Waals surface area (Å²) in [5, 5.41) is 10.9. The molecule has 0 aliphatic heterocycles. The standard InChI is InChI=1S/C20H13ClFNO3/c1-10-7-16(24)18(20(25)26-10)17-12-8-13(21)14(22)9-15(12)23-19(17)11-5-3-2-4-6-11/h2-9,23-24H,1H3. The molecular weight excluding hydrogens is 357 g/mol. The number of fused-ring (bicyclic) bond motifs is 1. The van der Waals surface area contributed by atoms with Crippen molar-refractivity contribution in [3.05, 3.63) is 75.6 Å². The van der Waals surface area contributed by atoms with Crippen LogP contribution in [0.25, 0.3) is 33.3 Å². The van der Waals surface area contributed by atoms with Crippen LogP contribution in [0.15, 0.2) is 57.7 Å². The molecule has 0 bridgehead atoms. The smallest absolute Gasteiger partial charge is 0.347 e. The van der Waals surface area contributed by atoms with Crippen LogP contribution in [0.1, 0.15) is 5.76 Å². The van der Waals surface area contributed by atoms with Crippen molar-refractivity contribution in [2.45, 2.75) is 6.92 Å². The lowest BCUT2D eigenvalue weighted by Crippen LogP contribution is -2.04. The highest BCUT2D eigenvalue weighted by atomic mass is 35.5. The monoisotopic (exact) mass is 369 g/mol. The van der Waals surface area contributed by atoms with Gasteiger partial charge in [0.15, 0.2) is 0 Å². The third-order valence-electron chi connectivity index (χ3n) is 4.21. The van der Waals surface area contributed by atoms with Crippen molar-refractivity contribution in [3.8, 4) is 28.1 Å². The number of hydrogen-bond donors (Lipinski definition) is 2. The Kier molecular flexibility index (Phi) is 3.81. The number of halogens is 2. The minimum atomic E-state index is -0.680. The molecule has 0 aliphatic carbocycles. The van der Waals surface area contributed by atoms with E-state index in [-0.39, 0.29) is 16.3 Å². The number of nitrogens with one attached hydrogen (secondary N) is 1. The summed E-state index contributed by atoms with van der Waals surface area (Å²) in [5.41, 5.74) is 1.53. The largest absolute Gasteiger partial charge is 0.507 e. The Morgan fingerprint density at radius 2 is 1.85 bits per heavy atom. The van der Waals surface area contributed by atoms with Gasteiger partial charge in [0.1, 0.15) is 22.9 Å². The fourth-order valence-electron chi connectivity index (χ4n) is 3.10. The molecule has 4 rings (SSSR count). The van der Waals surface area contributed by atoms with Gasteiger partial charge in [-0.3, -0.25) is 0 Å². The molecule has 0 spiro atoms. The van der Waals surface area contributed by atoms with Gasteiger partial charge in [-0.05, 0) is 24.6 Å². The normalized spacial score (nSPS) is 11.2. The van der Waals surface area contributed by atoms with Crippen LogP contribution in [-0.2, 0) is 0 Å². The highest BCUT2D eigenvalue weighted by molar-refractivity contribution is 6.31. The second-order valence-electron chi connectivity index (χ2n) is 5.96. The Balaban J connectivity index is 2.17. The molecule has 130 valence electrons. The highest BCUT2D eigenvalue weighted by Gasteiger charge is 2.23. The van der Waals surface area contributed by atoms with E-state index < -0.39 is 11.4 Å². The van der Waals surface area contributed by atoms with Crippen LogP contribution in [0, 0.1) is 12.7 Å². The third-order valence-corrected chi connectivity index (χ3v) is 4.50. The van der Waals surface area contributed by atoms with E-state index in [9.17, 15) is 14.3 Å². The van der Waals surface area contributed by atoms with Gasteiger partial charge in [0.25, 0.3) is 0 Å². The molecule has 2 N–H and O–H groups in total. The number of benzene rings is 2. The summed E-state index contributed by atoms with van der Waals surface area (Å²) in [4.78, 5) is 15.6. The van der Waals surface area contributed by atoms with E-state index in [0.29, 0.717) is 27.9 Å². The number of aromatic hydroxyl groups is 1. The molecule has 4 nitrogen and oxygen atoms in total. The first-order chi connectivity index (χ1) is 12.5. The molecule has 0 saturated heterocycles. The zero-order valence-electron chi connectivity index (χ0n) is 13.6. The van der Waals surface area contributed by atoms with E-state index in [1.807, 2.05) is 30.3 Å². The van der Waals surface area contributed by atoms with Gasteiger partial charge in [-0.25, -0.2) is 9.18 Å². The molecule has 2 aromatic carbocycles. The van der Waals surface area contributed by atoms with Crippen LogP contribution in [-0.4, -0.2) is 10.1 Å². The van der Waals surface area contributed by atoms with Crippen molar-refractivity contribution < 1.29 is 13.9 Å². The summed E-state index contributed by atoms with van der Waals surface area (Å²) in [6, 6.07) is 13.3. The van der Waals surface area contributed by atoms with Crippen LogP contribution in [0.3, 0.4) is 0 Å². The Bertz CT molecular complexity index is 1200. The van der Waals surface area contributed by atoms with Gasteiger partial charge in [-0.15, -0.1) is 0 Å². The maximum Gasteiger partial charge on any atom is 0.347 e. The third kappa shape index (κ3) is 2.57. The van der Waals surface area contributed by atoms with Crippen molar-refractivity contribution in [3.63, 3.8) is 0 Å². The molecular formula is C20H13ClFNO3. The molecule has 0 saturated carbocycles. The SMILES string of the molecule is Cc1cc(O)c(-c2c(-c3ccccc3)[nH]c3cc(F)c(Cl)cc23)c(=O)o1. The topological polar surface area (TPSA) is 66.2 Å². The summed E-state index contributed by atoms with van der Waals surface area (Å²) in [5.74, 6) is -0.495. The van der Waals surface area contributed by atoms with E-state index in [2.05, 4.69) is 4.98 Å². The summed E-state index contributed by atoms with van der Waals surface area (Å²) in [6.45, 7) is 1.57. The predicted molar refractivity (Wildman–Crippen MR) is 99.1 cm³/mol. The molecule has 2 heterocycles. The fraction of sp³-hybridized carbons (Fsp3) is 0.0500. The van der Waals surface area contributed by atoms with Gasteiger partial charge in [0.2, 0.25) is 0 Å². The minimum absolute atomic E-state index is 0.00313. The lowest BCUT2D eigenvalue weighted by Gasteiger charge is -2.07. The number of hydrogen-bond acceptors (Lipinski definition) is 3. The van der Waals surface area contributed by atoms with Crippen LogP contribution in [0.4, 0.5) is 4.39 Å². The number of aromatic nitrogens is 1. The Morgan fingerprint density at radius 3 is 2.54 bits per heavy atom. The summed E-state index contributed by atoms with van der Waals surface area (Å²) in [6.07, 6.45) is 0. The molecule has 26 heavy (non-hydrogen) atoms. The summed E-state index contributed by atoms with van der Waals surface area (Å²) < 4.78 is 19.1. The van der Waals surface area contributed by atoms with Gasteiger partial charge < -0.3 is 14.5 Å². The summed E-state index contributed by atoms with van der Waals surface area (Å²) in [7, 11) is 0. The van der Waals surface area contributed by atoms with Gasteiger partial charge in [-0.2, -0.15) is 0 Å². The molecule has 4 aromatic rings. The van der Waals surface area contributed by atoms with Crippen molar-refractivity contribution in [1.29, 1.82) is 0 Å². The Hall–Kier alpha value is -3.05. The van der Waals surface area contributed by atoms with E-state index >= 15 is 0 Å². The average Bonchev–Trinajstić information content (AvgIpc) is 2.94. The van der Waals surface area contributed by atoms with Crippen molar-refractivity contribution >= 4 is 22.5 Å². The van der Waals surface area contributed by atoms with Crippen molar-refractivity contribution in [2.75, 3.05) is 0 Å². The van der Waals surface area contributed by atoms with Gasteiger partial charge in [0.05, 0.1) is 10.7 Å². The van der Waals surface area contributed by atoms with Crippen LogP contribution in [0.2, 0.25) is 5.02 Å². The zero-order valence-corrected chi connectivity index (χ0v) is 14.4. The van der Waals surface area contributed by atoms with Crippen LogP contribution in [0.5, 0.6) is 5.75 Å². The number of rotatable bonds is 2. The van der Waals surface area contributed by atoms with E-state index in [1.54, 1.807) is 6.92 Å². The maximum absolute atomic E-state index is 13.9. The highest BCUT2D eigenvalue weighted by Crippen LogP contribution is 2.41. The Morgan fingerprint density at radius 1 is 1.12 bits per heavy atom. The maximum atomic E-state index is 13.9. The fourth-order valence-corrected chi connectivity index (χ4v) is 3.26. The number of aromatic amines is 1. The summed E-state index contributed by atoms with van der Waals surface area (Å²) >= 11 is 5.95. The minimum Gasteiger partial charge on any atom is -0.507 e. The number of aryl methyl sites for hydroxylation is 1. The van der Waals surface area contributed by atoms with E-state index in [1.165, 1.54) is 18.2 Å². The first-order valence-electron chi connectivity index (χ1n) is 7.86. The molecule has 0 unspecified atom stereocenters. The van der Waals surface area contributed by atoms with Crippen molar-refractivity contribution in [2.24, 2.45) is 0 Å². The lowest BCUT2D eigenvalue weighted by molar-refractivity contribution is 0.438. The first-order valence-corrected chi connectivity index (χ1v) is 8.23. The van der Waals surface area contributed by atoms with Crippen molar-refractivity contribution in [1.82, 2.24) is 4.98 Å². The van der Waals surface area contributed by atoms with Gasteiger partial charge in [0, 0.05) is 22.5 Å². The lowest BCUT2D eigenvalue weighted by atomic mass is 9.99. The molecule has 6 heteroatoms. The average molecular weight is 370 g/mol. The molecule has 0 aliphatic rings. The molecule has 0 atom stereocenters. The second-order valence-corrected chi connectivity index (χ2v) is 6.36. The van der Waals surface area contributed by atoms with Gasteiger partial charge >= 0.3 is 5.63 Å². The molecule has 0 radical (unpaired) electrons.